The molecule has 1 heterocycles. The molecular weight excluding hydrogens is 241 g/mol. The topological polar surface area (TPSA) is 12.4 Å². The van der Waals surface area contributed by atoms with E-state index in [0.717, 1.165) is 11.2 Å². The molecule has 0 radical (unpaired) electrons. The van der Waals surface area contributed by atoms with Gasteiger partial charge in [0.1, 0.15) is 0 Å². The predicted molar refractivity (Wildman–Crippen MR) is 80.3 cm³/mol. The summed E-state index contributed by atoms with van der Waals surface area (Å²) in [6.07, 6.45) is 3.86. The van der Waals surface area contributed by atoms with Crippen LogP contribution in [-0.4, -0.2) is 27.9 Å². The molecule has 0 bridgehead atoms. The molecule has 0 fully saturated rings. The average Bonchev–Trinajstić information content (AvgIpc) is 2.79. The van der Waals surface area contributed by atoms with Crippen molar-refractivity contribution in [1.82, 2.24) is 0 Å². The maximum absolute atomic E-state index is 5.32. The molecule has 1 aromatic carbocycles. The average molecular weight is 261 g/mol. The molecule has 90 valence electrons. The summed E-state index contributed by atoms with van der Waals surface area (Å²) in [6.45, 7) is 7.18. The Labute approximate surface area is 106 Å². The van der Waals surface area contributed by atoms with Gasteiger partial charge in [-0.3, -0.25) is 0 Å². The standard InChI is InChI=1S/C14H20NPSi/c1-11-9-13-14(10-11)17(15-16(13,2)3)12-7-5-4-6-8-12/h4-8,10,13-14,17H,9H2,1-3H3. The number of fused-ring (bicyclic) bond motifs is 1. The third-order valence-corrected chi connectivity index (χ3v) is 12.5. The van der Waals surface area contributed by atoms with Gasteiger partial charge in [0.25, 0.3) is 0 Å². The molecule has 0 N–H and O–H groups in total. The van der Waals surface area contributed by atoms with E-state index in [9.17, 15) is 0 Å². The second-order valence-electron chi connectivity index (χ2n) is 5.81. The van der Waals surface area contributed by atoms with Crippen molar-refractivity contribution in [3.8, 4) is 0 Å². The van der Waals surface area contributed by atoms with Gasteiger partial charge >= 0.3 is 0 Å². The maximum atomic E-state index is 5.32. The van der Waals surface area contributed by atoms with E-state index in [2.05, 4.69) is 56.7 Å². The first-order valence-electron chi connectivity index (χ1n) is 6.36. The molecule has 1 aliphatic carbocycles. The molecule has 3 unspecified atom stereocenters. The Hall–Kier alpha value is -0.593. The van der Waals surface area contributed by atoms with Gasteiger partial charge in [0.05, 0.1) is 0 Å². The first kappa shape index (κ1) is 11.5. The fourth-order valence-electron chi connectivity index (χ4n) is 3.34. The zero-order chi connectivity index (χ0) is 12.0. The van der Waals surface area contributed by atoms with Crippen LogP contribution < -0.4 is 5.19 Å². The lowest BCUT2D eigenvalue weighted by atomic mass is 10.3. The van der Waals surface area contributed by atoms with Crippen LogP contribution >= 0.6 is 7.05 Å². The second-order valence-corrected chi connectivity index (χ2v) is 12.7. The molecule has 0 aromatic heterocycles. The Morgan fingerprint density at radius 3 is 2.65 bits per heavy atom. The van der Waals surface area contributed by atoms with Crippen LogP contribution in [0.4, 0.5) is 0 Å². The molecule has 0 saturated heterocycles. The third-order valence-electron chi connectivity index (χ3n) is 4.19. The summed E-state index contributed by atoms with van der Waals surface area (Å²) < 4.78 is 5.32. The van der Waals surface area contributed by atoms with Gasteiger partial charge in [0.15, 0.2) is 0 Å². The second kappa shape index (κ2) is 3.96. The van der Waals surface area contributed by atoms with Crippen LogP contribution in [0.5, 0.6) is 0 Å². The van der Waals surface area contributed by atoms with E-state index in [0.29, 0.717) is 0 Å². The van der Waals surface area contributed by atoms with E-state index in [1.54, 1.807) is 10.8 Å². The monoisotopic (exact) mass is 261 g/mol. The third kappa shape index (κ3) is 1.88. The van der Waals surface area contributed by atoms with Gasteiger partial charge < -0.3 is 4.41 Å². The first-order chi connectivity index (χ1) is 8.08. The summed E-state index contributed by atoms with van der Waals surface area (Å²) in [5.41, 5.74) is 3.29. The first-order valence-corrected chi connectivity index (χ1v) is 10.8. The molecule has 17 heavy (non-hydrogen) atoms. The van der Waals surface area contributed by atoms with E-state index in [-0.39, 0.29) is 0 Å². The Balaban J connectivity index is 2.04. The highest BCUT2D eigenvalue weighted by molar-refractivity contribution is 7.67. The van der Waals surface area contributed by atoms with E-state index in [4.69, 9.17) is 4.41 Å². The van der Waals surface area contributed by atoms with Crippen molar-refractivity contribution in [2.45, 2.75) is 24.5 Å². The Bertz CT molecular complexity index is 514. The molecule has 1 aromatic rings. The predicted octanol–water partition coefficient (Wildman–Crippen LogP) is 3.18. The van der Waals surface area contributed by atoms with Crippen molar-refractivity contribution in [3.63, 3.8) is 0 Å². The van der Waals surface area contributed by atoms with Crippen molar-refractivity contribution in [3.05, 3.63) is 42.0 Å². The molecule has 1 aliphatic heterocycles. The van der Waals surface area contributed by atoms with Gasteiger partial charge in [-0.25, -0.2) is 0 Å². The minimum absolute atomic E-state index is 0.806. The summed E-state index contributed by atoms with van der Waals surface area (Å²) in [7, 11) is -2.14. The molecular formula is C14H20NPSi. The van der Waals surface area contributed by atoms with Crippen molar-refractivity contribution in [1.29, 1.82) is 0 Å². The quantitative estimate of drug-likeness (QED) is 0.418. The summed E-state index contributed by atoms with van der Waals surface area (Å²) in [5.74, 6) is 0. The number of hydrogen-bond donors (Lipinski definition) is 0. The van der Waals surface area contributed by atoms with Crippen molar-refractivity contribution >= 4 is 21.2 Å². The summed E-state index contributed by atoms with van der Waals surface area (Å²) in [5, 5.41) is 1.54. The van der Waals surface area contributed by atoms with Crippen LogP contribution in [0.3, 0.4) is 0 Å². The smallest absolute Gasteiger partial charge is 0.202 e. The molecule has 0 spiro atoms. The van der Waals surface area contributed by atoms with Gasteiger partial charge in [-0.2, -0.15) is 0 Å². The normalized spacial score (nSPS) is 34.1. The lowest BCUT2D eigenvalue weighted by molar-refractivity contribution is 0.909. The molecule has 1 nitrogen and oxygen atoms in total. The molecule has 3 heteroatoms. The van der Waals surface area contributed by atoms with E-state index < -0.39 is 16.0 Å². The van der Waals surface area contributed by atoms with Gasteiger partial charge in [-0.15, -0.1) is 0 Å². The minimum Gasteiger partial charge on any atom is -0.335 e. The van der Waals surface area contributed by atoms with Gasteiger partial charge in [0.2, 0.25) is 8.96 Å². The minimum atomic E-state index is -1.12. The van der Waals surface area contributed by atoms with Gasteiger partial charge in [-0.1, -0.05) is 42.0 Å². The highest BCUT2D eigenvalue weighted by Gasteiger charge is 2.44. The number of rotatable bonds is 1. The van der Waals surface area contributed by atoms with E-state index in [1.807, 2.05) is 0 Å². The van der Waals surface area contributed by atoms with Gasteiger partial charge in [-0.05, 0) is 38.9 Å². The zero-order valence-electron chi connectivity index (χ0n) is 10.8. The fraction of sp³-hybridized carbons (Fsp3) is 0.429. The van der Waals surface area contributed by atoms with Crippen LogP contribution in [0, 0.1) is 0 Å². The Morgan fingerprint density at radius 1 is 1.24 bits per heavy atom. The van der Waals surface area contributed by atoms with Crippen molar-refractivity contribution < 1.29 is 0 Å². The van der Waals surface area contributed by atoms with Gasteiger partial charge in [0, 0.05) is 11.2 Å². The SMILES string of the molecule is CC1=CC2C(C1)P(C)(C)=N[SiH]2c1ccccc1. The van der Waals surface area contributed by atoms with E-state index >= 15 is 0 Å². The number of nitrogens with zero attached hydrogens (tertiary/aromatic N) is 1. The maximum Gasteiger partial charge on any atom is 0.202 e. The summed E-state index contributed by atoms with van der Waals surface area (Å²) in [6, 6.07) is 11.0. The summed E-state index contributed by atoms with van der Waals surface area (Å²) in [4.78, 5) is 0. The van der Waals surface area contributed by atoms with Crippen LogP contribution in [0.1, 0.15) is 13.3 Å². The molecule has 3 rings (SSSR count). The highest BCUT2D eigenvalue weighted by Crippen LogP contribution is 2.62. The Morgan fingerprint density at radius 2 is 1.94 bits per heavy atom. The molecule has 3 atom stereocenters. The number of hydrogen-bond acceptors (Lipinski definition) is 1. The molecule has 0 saturated carbocycles. The summed E-state index contributed by atoms with van der Waals surface area (Å²) >= 11 is 0. The number of allylic oxidation sites excluding steroid dienone is 2. The number of benzene rings is 1. The largest absolute Gasteiger partial charge is 0.335 e. The molecule has 2 aliphatic rings. The van der Waals surface area contributed by atoms with Crippen LogP contribution in [-0.2, 0) is 0 Å². The van der Waals surface area contributed by atoms with Crippen LogP contribution in [0.2, 0.25) is 5.54 Å². The van der Waals surface area contributed by atoms with Crippen molar-refractivity contribution in [2.24, 2.45) is 4.41 Å². The lowest BCUT2D eigenvalue weighted by Crippen LogP contribution is -2.31. The van der Waals surface area contributed by atoms with Crippen LogP contribution in [0.25, 0.3) is 0 Å². The van der Waals surface area contributed by atoms with E-state index in [1.165, 1.54) is 6.42 Å². The molecule has 0 amide bonds. The van der Waals surface area contributed by atoms with Crippen LogP contribution in [0.15, 0.2) is 46.4 Å². The van der Waals surface area contributed by atoms with Crippen molar-refractivity contribution in [2.75, 3.05) is 13.3 Å². The highest BCUT2D eigenvalue weighted by atomic mass is 31.2. The Kier molecular flexibility index (Phi) is 2.68. The lowest BCUT2D eigenvalue weighted by Gasteiger charge is -2.20. The fourth-order valence-corrected chi connectivity index (χ4v) is 13.3. The zero-order valence-corrected chi connectivity index (χ0v) is 12.8.